The lowest BCUT2D eigenvalue weighted by atomic mass is 9.86. The highest BCUT2D eigenvalue weighted by atomic mass is 127. The van der Waals surface area contributed by atoms with Crippen molar-refractivity contribution in [2.24, 2.45) is 5.92 Å². The summed E-state index contributed by atoms with van der Waals surface area (Å²) in [4.78, 5) is 14.2. The Kier molecular flexibility index (Phi) is 6.10. The standard InChI is InChI=1S/C21H26IN5OS/c1-27(21-19-10-11-24-20(19)25-14-26-21)18-8-4-16(5-9-18)13-29(23,28)12-15-2-6-17(22)7-3-15/h2-3,6-7,10-11,14,16,18,23H,4-5,8-9,12-13H2,1H3,(H,24,25,26)/t16-,18+,29?. The second-order valence-corrected chi connectivity index (χ2v) is 11.5. The predicted octanol–water partition coefficient (Wildman–Crippen LogP) is 4.80. The Morgan fingerprint density at radius 1 is 1.17 bits per heavy atom. The van der Waals surface area contributed by atoms with Crippen LogP contribution in [0.4, 0.5) is 5.82 Å². The number of benzene rings is 1. The van der Waals surface area contributed by atoms with Gasteiger partial charge in [-0.1, -0.05) is 12.1 Å². The van der Waals surface area contributed by atoms with Crippen molar-refractivity contribution < 1.29 is 4.21 Å². The highest BCUT2D eigenvalue weighted by Gasteiger charge is 2.27. The van der Waals surface area contributed by atoms with E-state index in [1.807, 2.05) is 36.5 Å². The fourth-order valence-electron chi connectivity index (χ4n) is 4.30. The van der Waals surface area contributed by atoms with E-state index in [4.69, 9.17) is 4.78 Å². The number of hydrogen-bond donors (Lipinski definition) is 2. The minimum absolute atomic E-state index is 0.357. The summed E-state index contributed by atoms with van der Waals surface area (Å²) in [6.45, 7) is 0. The molecule has 0 amide bonds. The third-order valence-corrected chi connectivity index (χ3v) is 8.38. The van der Waals surface area contributed by atoms with Gasteiger partial charge in [-0.25, -0.2) is 14.2 Å². The van der Waals surface area contributed by atoms with Gasteiger partial charge in [-0.3, -0.25) is 4.78 Å². The number of aromatic amines is 1. The number of fused-ring (bicyclic) bond motifs is 1. The minimum atomic E-state index is -2.60. The fourth-order valence-corrected chi connectivity index (χ4v) is 6.60. The molecule has 6 nitrogen and oxygen atoms in total. The fraction of sp³-hybridized carbons (Fsp3) is 0.429. The van der Waals surface area contributed by atoms with E-state index in [2.05, 4.69) is 49.5 Å². The lowest BCUT2D eigenvalue weighted by Crippen LogP contribution is -2.37. The van der Waals surface area contributed by atoms with Crippen LogP contribution < -0.4 is 4.90 Å². The topological polar surface area (TPSA) is 85.7 Å². The first kappa shape index (κ1) is 20.6. The molecule has 2 aromatic heterocycles. The zero-order valence-electron chi connectivity index (χ0n) is 16.5. The molecule has 0 saturated heterocycles. The van der Waals surface area contributed by atoms with Crippen LogP contribution in [0.25, 0.3) is 11.0 Å². The van der Waals surface area contributed by atoms with E-state index in [0.717, 1.165) is 51.7 Å². The van der Waals surface area contributed by atoms with E-state index in [9.17, 15) is 4.21 Å². The van der Waals surface area contributed by atoms with Gasteiger partial charge in [0.15, 0.2) is 0 Å². The first-order valence-corrected chi connectivity index (χ1v) is 12.9. The molecule has 2 heterocycles. The van der Waals surface area contributed by atoms with Gasteiger partial charge in [-0.2, -0.15) is 0 Å². The maximum absolute atomic E-state index is 12.9. The summed E-state index contributed by atoms with van der Waals surface area (Å²) in [5, 5.41) is 1.05. The number of anilines is 1. The Morgan fingerprint density at radius 3 is 2.62 bits per heavy atom. The molecule has 1 fully saturated rings. The van der Waals surface area contributed by atoms with Crippen LogP contribution in [0.1, 0.15) is 31.2 Å². The molecule has 0 spiro atoms. The third-order valence-electron chi connectivity index (χ3n) is 5.85. The summed E-state index contributed by atoms with van der Waals surface area (Å²) in [5.41, 5.74) is 1.86. The molecule has 4 rings (SSSR count). The Balaban J connectivity index is 1.35. The van der Waals surface area contributed by atoms with Crippen LogP contribution in [0, 0.1) is 14.3 Å². The van der Waals surface area contributed by atoms with Crippen molar-refractivity contribution in [1.82, 2.24) is 15.0 Å². The zero-order chi connectivity index (χ0) is 20.4. The van der Waals surface area contributed by atoms with Crippen LogP contribution in [0.3, 0.4) is 0 Å². The monoisotopic (exact) mass is 523 g/mol. The van der Waals surface area contributed by atoms with Crippen molar-refractivity contribution in [3.8, 4) is 0 Å². The van der Waals surface area contributed by atoms with Crippen molar-refractivity contribution >= 4 is 49.2 Å². The predicted molar refractivity (Wildman–Crippen MR) is 127 cm³/mol. The number of nitrogens with one attached hydrogen (secondary N) is 2. The first-order chi connectivity index (χ1) is 13.9. The minimum Gasteiger partial charge on any atom is -0.356 e. The van der Waals surface area contributed by atoms with Gasteiger partial charge >= 0.3 is 0 Å². The van der Waals surface area contributed by atoms with Gasteiger partial charge in [0, 0.05) is 38.3 Å². The molecular formula is C21H26IN5OS. The molecule has 8 heteroatoms. The molecule has 0 aliphatic heterocycles. The van der Waals surface area contributed by atoms with Gasteiger partial charge in [-0.15, -0.1) is 0 Å². The van der Waals surface area contributed by atoms with E-state index in [1.54, 1.807) is 6.33 Å². The first-order valence-electron chi connectivity index (χ1n) is 9.91. The average molecular weight is 523 g/mol. The SMILES string of the molecule is CN(c1ncnc2[nH]ccc12)[C@H]1CC[C@@H](CS(=N)(=O)Cc2ccc(I)cc2)CC1. The van der Waals surface area contributed by atoms with Crippen LogP contribution in [-0.4, -0.2) is 38.0 Å². The molecule has 3 aromatic rings. The van der Waals surface area contributed by atoms with Crippen molar-refractivity contribution in [2.75, 3.05) is 17.7 Å². The molecule has 154 valence electrons. The highest BCUT2D eigenvalue weighted by Crippen LogP contribution is 2.32. The summed E-state index contributed by atoms with van der Waals surface area (Å²) in [5.74, 6) is 2.19. The van der Waals surface area contributed by atoms with Crippen molar-refractivity contribution in [3.05, 3.63) is 52.0 Å². The lowest BCUT2D eigenvalue weighted by Gasteiger charge is -2.35. The second-order valence-electron chi connectivity index (χ2n) is 7.97. The quantitative estimate of drug-likeness (QED) is 0.455. The van der Waals surface area contributed by atoms with Crippen LogP contribution in [-0.2, 0) is 15.5 Å². The third kappa shape index (κ3) is 4.91. The molecule has 0 bridgehead atoms. The van der Waals surface area contributed by atoms with E-state index in [0.29, 0.717) is 23.5 Å². The zero-order valence-corrected chi connectivity index (χ0v) is 19.4. The maximum Gasteiger partial charge on any atom is 0.142 e. The summed E-state index contributed by atoms with van der Waals surface area (Å²) in [6, 6.07) is 10.4. The maximum atomic E-state index is 12.9. The molecule has 1 aliphatic carbocycles. The summed E-state index contributed by atoms with van der Waals surface area (Å²) < 4.78 is 22.4. The largest absolute Gasteiger partial charge is 0.356 e. The van der Waals surface area contributed by atoms with E-state index < -0.39 is 9.73 Å². The molecule has 1 unspecified atom stereocenters. The Bertz CT molecular complexity index is 1070. The second kappa shape index (κ2) is 8.59. The molecule has 0 radical (unpaired) electrons. The van der Waals surface area contributed by atoms with Crippen LogP contribution in [0.5, 0.6) is 0 Å². The number of H-pyrrole nitrogens is 1. The average Bonchev–Trinajstić information content (AvgIpc) is 3.18. The number of halogens is 1. The van der Waals surface area contributed by atoms with Crippen LogP contribution >= 0.6 is 22.6 Å². The van der Waals surface area contributed by atoms with Crippen molar-refractivity contribution in [1.29, 1.82) is 4.78 Å². The van der Waals surface area contributed by atoms with E-state index >= 15 is 0 Å². The Morgan fingerprint density at radius 2 is 1.90 bits per heavy atom. The normalized spacial score (nSPS) is 21.7. The lowest BCUT2D eigenvalue weighted by molar-refractivity contribution is 0.342. The van der Waals surface area contributed by atoms with Crippen LogP contribution in [0.2, 0.25) is 0 Å². The van der Waals surface area contributed by atoms with Crippen LogP contribution in [0.15, 0.2) is 42.9 Å². The molecule has 2 N–H and O–H groups in total. The van der Waals surface area contributed by atoms with Crippen molar-refractivity contribution in [2.45, 2.75) is 37.5 Å². The van der Waals surface area contributed by atoms with Gasteiger partial charge < -0.3 is 9.88 Å². The summed E-state index contributed by atoms with van der Waals surface area (Å²) in [6.07, 6.45) is 7.60. The van der Waals surface area contributed by atoms with E-state index in [1.165, 1.54) is 0 Å². The number of rotatable bonds is 6. The summed E-state index contributed by atoms with van der Waals surface area (Å²) >= 11 is 2.26. The van der Waals surface area contributed by atoms with E-state index in [-0.39, 0.29) is 0 Å². The van der Waals surface area contributed by atoms with Gasteiger partial charge in [0.1, 0.15) is 17.8 Å². The molecule has 29 heavy (non-hydrogen) atoms. The van der Waals surface area contributed by atoms with Gasteiger partial charge in [-0.05, 0) is 78.0 Å². The number of nitrogens with zero attached hydrogens (tertiary/aromatic N) is 3. The molecule has 1 aromatic carbocycles. The molecule has 1 aliphatic rings. The van der Waals surface area contributed by atoms with Gasteiger partial charge in [0.2, 0.25) is 0 Å². The Hall–Kier alpha value is -1.68. The number of hydrogen-bond acceptors (Lipinski definition) is 5. The molecule has 1 atom stereocenters. The summed E-state index contributed by atoms with van der Waals surface area (Å²) in [7, 11) is -0.498. The van der Waals surface area contributed by atoms with Gasteiger partial charge in [0.25, 0.3) is 0 Å². The van der Waals surface area contributed by atoms with Crippen molar-refractivity contribution in [3.63, 3.8) is 0 Å². The molecular weight excluding hydrogens is 497 g/mol. The highest BCUT2D eigenvalue weighted by molar-refractivity contribution is 14.1. The number of aromatic nitrogens is 3. The smallest absolute Gasteiger partial charge is 0.142 e. The molecule has 1 saturated carbocycles. The van der Waals surface area contributed by atoms with Gasteiger partial charge in [0.05, 0.1) is 11.1 Å². The Labute approximate surface area is 185 Å².